The van der Waals surface area contributed by atoms with Gasteiger partial charge in [-0.1, -0.05) is 13.0 Å². The van der Waals surface area contributed by atoms with Crippen LogP contribution in [0.4, 0.5) is 0 Å². The Labute approximate surface area is 116 Å². The summed E-state index contributed by atoms with van der Waals surface area (Å²) in [6.07, 6.45) is 4.45. The molecule has 106 valence electrons. The molecule has 1 aromatic heterocycles. The van der Waals surface area contributed by atoms with Crippen molar-refractivity contribution < 1.29 is 4.74 Å². The Morgan fingerprint density at radius 2 is 2.21 bits per heavy atom. The normalized spacial score (nSPS) is 17.6. The lowest BCUT2D eigenvalue weighted by atomic mass is 10.1. The van der Waals surface area contributed by atoms with Gasteiger partial charge in [-0.05, 0) is 45.5 Å². The molecule has 2 heterocycles. The van der Waals surface area contributed by atoms with E-state index in [0.717, 1.165) is 31.1 Å². The van der Waals surface area contributed by atoms with Gasteiger partial charge < -0.3 is 10.1 Å². The van der Waals surface area contributed by atoms with E-state index < -0.39 is 0 Å². The lowest BCUT2D eigenvalue weighted by Crippen LogP contribution is -2.26. The Morgan fingerprint density at radius 3 is 2.95 bits per heavy atom. The van der Waals surface area contributed by atoms with Crippen molar-refractivity contribution in [2.45, 2.75) is 32.7 Å². The number of hydrogen-bond acceptors (Lipinski definition) is 4. The van der Waals surface area contributed by atoms with Crippen molar-refractivity contribution >= 4 is 0 Å². The van der Waals surface area contributed by atoms with Crippen LogP contribution in [-0.4, -0.2) is 42.7 Å². The molecule has 1 aliphatic rings. The van der Waals surface area contributed by atoms with Crippen LogP contribution < -0.4 is 10.1 Å². The van der Waals surface area contributed by atoms with Gasteiger partial charge >= 0.3 is 0 Å². The maximum Gasteiger partial charge on any atom is 0.218 e. The number of hydrogen-bond donors (Lipinski definition) is 1. The first-order valence-electron chi connectivity index (χ1n) is 7.34. The lowest BCUT2D eigenvalue weighted by Gasteiger charge is -2.18. The summed E-state index contributed by atoms with van der Waals surface area (Å²) in [4.78, 5) is 6.82. The van der Waals surface area contributed by atoms with Crippen molar-refractivity contribution in [2.24, 2.45) is 0 Å². The Morgan fingerprint density at radius 1 is 1.42 bits per heavy atom. The first kappa shape index (κ1) is 14.3. The highest BCUT2D eigenvalue weighted by atomic mass is 16.5. The van der Waals surface area contributed by atoms with Crippen LogP contribution in [0.5, 0.6) is 5.88 Å². The quantitative estimate of drug-likeness (QED) is 0.818. The fraction of sp³-hybridized carbons (Fsp3) is 0.667. The van der Waals surface area contributed by atoms with Gasteiger partial charge in [0.1, 0.15) is 6.61 Å². The molecule has 4 heteroatoms. The number of likely N-dealkylation sites (tertiary alicyclic amines) is 1. The Balaban J connectivity index is 1.87. The predicted molar refractivity (Wildman–Crippen MR) is 77.5 cm³/mol. The second-order valence-electron chi connectivity index (χ2n) is 5.07. The van der Waals surface area contributed by atoms with Gasteiger partial charge in [0.25, 0.3) is 0 Å². The van der Waals surface area contributed by atoms with Crippen molar-refractivity contribution in [3.05, 3.63) is 23.9 Å². The largest absolute Gasteiger partial charge is 0.476 e. The van der Waals surface area contributed by atoms with Crippen LogP contribution in [0.2, 0.25) is 0 Å². The molecular weight excluding hydrogens is 238 g/mol. The zero-order valence-corrected chi connectivity index (χ0v) is 12.1. The molecule has 19 heavy (non-hydrogen) atoms. The number of nitrogens with one attached hydrogen (secondary N) is 1. The fourth-order valence-electron chi connectivity index (χ4n) is 2.55. The molecule has 0 aromatic carbocycles. The van der Waals surface area contributed by atoms with Crippen molar-refractivity contribution in [3.63, 3.8) is 0 Å². The molecule has 1 atom stereocenters. The van der Waals surface area contributed by atoms with Crippen molar-refractivity contribution in [2.75, 3.05) is 32.8 Å². The molecule has 1 unspecified atom stereocenters. The Kier molecular flexibility index (Phi) is 5.61. The first-order chi connectivity index (χ1) is 9.31. The third kappa shape index (κ3) is 4.18. The van der Waals surface area contributed by atoms with E-state index in [9.17, 15) is 0 Å². The third-order valence-corrected chi connectivity index (χ3v) is 3.62. The summed E-state index contributed by atoms with van der Waals surface area (Å²) in [7, 11) is 0. The Hall–Kier alpha value is -1.13. The van der Waals surface area contributed by atoms with Gasteiger partial charge in [0.2, 0.25) is 5.88 Å². The van der Waals surface area contributed by atoms with Gasteiger partial charge in [0.15, 0.2) is 0 Å². The number of nitrogens with zero attached hydrogens (tertiary/aromatic N) is 2. The Bertz CT molecular complexity index is 377. The van der Waals surface area contributed by atoms with Gasteiger partial charge in [-0.15, -0.1) is 0 Å². The van der Waals surface area contributed by atoms with E-state index in [1.54, 1.807) is 6.20 Å². The van der Waals surface area contributed by atoms with E-state index in [1.807, 2.05) is 6.07 Å². The maximum absolute atomic E-state index is 5.87. The van der Waals surface area contributed by atoms with Gasteiger partial charge in [0, 0.05) is 24.3 Å². The molecule has 1 N–H and O–H groups in total. The average molecular weight is 263 g/mol. The second-order valence-corrected chi connectivity index (χ2v) is 5.07. The van der Waals surface area contributed by atoms with Gasteiger partial charge in [-0.2, -0.15) is 0 Å². The smallest absolute Gasteiger partial charge is 0.218 e. The van der Waals surface area contributed by atoms with E-state index in [4.69, 9.17) is 4.74 Å². The van der Waals surface area contributed by atoms with E-state index in [0.29, 0.717) is 0 Å². The standard InChI is InChI=1S/C15H25N3O/c1-3-16-13(2)14-7-6-8-17-15(14)19-12-11-18-9-4-5-10-18/h6-8,13,16H,3-5,9-12H2,1-2H3. The van der Waals surface area contributed by atoms with Gasteiger partial charge in [0.05, 0.1) is 0 Å². The van der Waals surface area contributed by atoms with Crippen LogP contribution in [0.1, 0.15) is 38.3 Å². The topological polar surface area (TPSA) is 37.4 Å². The molecule has 0 amide bonds. The molecule has 0 radical (unpaired) electrons. The molecule has 0 bridgehead atoms. The zero-order chi connectivity index (χ0) is 13.5. The van der Waals surface area contributed by atoms with Crippen molar-refractivity contribution in [3.8, 4) is 5.88 Å². The van der Waals surface area contributed by atoms with E-state index in [2.05, 4.69) is 35.1 Å². The average Bonchev–Trinajstić information content (AvgIpc) is 2.93. The maximum atomic E-state index is 5.87. The summed E-state index contributed by atoms with van der Waals surface area (Å²) in [6, 6.07) is 4.34. The minimum Gasteiger partial charge on any atom is -0.476 e. The van der Waals surface area contributed by atoms with Crippen molar-refractivity contribution in [1.82, 2.24) is 15.2 Å². The number of ether oxygens (including phenoxy) is 1. The lowest BCUT2D eigenvalue weighted by molar-refractivity contribution is 0.229. The first-order valence-corrected chi connectivity index (χ1v) is 7.34. The minimum atomic E-state index is 0.278. The zero-order valence-electron chi connectivity index (χ0n) is 12.1. The summed E-state index contributed by atoms with van der Waals surface area (Å²) >= 11 is 0. The number of aromatic nitrogens is 1. The highest BCUT2D eigenvalue weighted by molar-refractivity contribution is 5.28. The summed E-state index contributed by atoms with van der Waals surface area (Å²) in [6.45, 7) is 9.37. The monoisotopic (exact) mass is 263 g/mol. The van der Waals surface area contributed by atoms with E-state index in [-0.39, 0.29) is 6.04 Å². The van der Waals surface area contributed by atoms with Crippen LogP contribution >= 0.6 is 0 Å². The van der Waals surface area contributed by atoms with Crippen LogP contribution in [0.15, 0.2) is 18.3 Å². The highest BCUT2D eigenvalue weighted by Crippen LogP contribution is 2.22. The fourth-order valence-corrected chi connectivity index (χ4v) is 2.55. The summed E-state index contributed by atoms with van der Waals surface area (Å²) in [5.41, 5.74) is 1.14. The summed E-state index contributed by atoms with van der Waals surface area (Å²) < 4.78 is 5.87. The van der Waals surface area contributed by atoms with E-state index >= 15 is 0 Å². The molecule has 1 aliphatic heterocycles. The molecular formula is C15H25N3O. The van der Waals surface area contributed by atoms with Crippen LogP contribution in [0.25, 0.3) is 0 Å². The minimum absolute atomic E-state index is 0.278. The molecule has 2 rings (SSSR count). The second kappa shape index (κ2) is 7.46. The van der Waals surface area contributed by atoms with Crippen LogP contribution in [0.3, 0.4) is 0 Å². The highest BCUT2D eigenvalue weighted by Gasteiger charge is 2.14. The summed E-state index contributed by atoms with van der Waals surface area (Å²) in [5, 5.41) is 3.40. The molecule has 1 saturated heterocycles. The number of pyridine rings is 1. The van der Waals surface area contributed by atoms with Gasteiger partial charge in [-0.25, -0.2) is 4.98 Å². The molecule has 1 aromatic rings. The summed E-state index contributed by atoms with van der Waals surface area (Å²) in [5.74, 6) is 0.773. The molecule has 0 spiro atoms. The van der Waals surface area contributed by atoms with Crippen LogP contribution in [0, 0.1) is 0 Å². The SMILES string of the molecule is CCNC(C)c1cccnc1OCCN1CCCC1. The third-order valence-electron chi connectivity index (χ3n) is 3.62. The molecule has 1 fully saturated rings. The van der Waals surface area contributed by atoms with Crippen LogP contribution in [-0.2, 0) is 0 Å². The van der Waals surface area contributed by atoms with Crippen molar-refractivity contribution in [1.29, 1.82) is 0 Å². The van der Waals surface area contributed by atoms with Gasteiger partial charge in [-0.3, -0.25) is 4.90 Å². The molecule has 0 aliphatic carbocycles. The van der Waals surface area contributed by atoms with E-state index in [1.165, 1.54) is 25.9 Å². The number of rotatable bonds is 7. The molecule has 4 nitrogen and oxygen atoms in total. The predicted octanol–water partition coefficient (Wildman–Crippen LogP) is 2.23. The molecule has 0 saturated carbocycles.